The first-order chi connectivity index (χ1) is 16.9. The van der Waals surface area contributed by atoms with Gasteiger partial charge in [0.05, 0.1) is 18.7 Å². The smallest absolute Gasteiger partial charge is 0.300 e. The van der Waals surface area contributed by atoms with Crippen LogP contribution >= 0.6 is 0 Å². The summed E-state index contributed by atoms with van der Waals surface area (Å²) in [7, 11) is 1.57. The zero-order valence-electron chi connectivity index (χ0n) is 19.7. The SMILES string of the molecule is COc1ccc(C2/C(=C(/O)c3ccc4c(c3)OCCO4)C(=O)C(=O)N2c2ccc(C)c(C)c2)cc1. The molecule has 0 radical (unpaired) electrons. The molecule has 1 unspecified atom stereocenters. The van der Waals surface area contributed by atoms with Gasteiger partial charge in [0.1, 0.15) is 24.7 Å². The number of methoxy groups -OCH3 is 1. The number of nitrogens with zero attached hydrogens (tertiary/aromatic N) is 1. The summed E-state index contributed by atoms with van der Waals surface area (Å²) in [5, 5.41) is 11.4. The van der Waals surface area contributed by atoms with E-state index in [1.54, 1.807) is 49.6 Å². The molecule has 3 aromatic rings. The van der Waals surface area contributed by atoms with Crippen LogP contribution in [0.3, 0.4) is 0 Å². The molecule has 0 aliphatic carbocycles. The molecule has 35 heavy (non-hydrogen) atoms. The molecule has 0 spiro atoms. The van der Waals surface area contributed by atoms with Crippen molar-refractivity contribution >= 4 is 23.1 Å². The van der Waals surface area contributed by atoms with Crippen LogP contribution in [-0.4, -0.2) is 37.1 Å². The van der Waals surface area contributed by atoms with Gasteiger partial charge in [-0.2, -0.15) is 0 Å². The molecule has 2 heterocycles. The van der Waals surface area contributed by atoms with E-state index in [0.29, 0.717) is 47.3 Å². The van der Waals surface area contributed by atoms with Crippen LogP contribution in [0.2, 0.25) is 0 Å². The number of rotatable bonds is 4. The Hall–Kier alpha value is -4.26. The van der Waals surface area contributed by atoms with Gasteiger partial charge in [0.15, 0.2) is 11.5 Å². The van der Waals surface area contributed by atoms with Gasteiger partial charge in [0.25, 0.3) is 11.7 Å². The summed E-state index contributed by atoms with van der Waals surface area (Å²) in [5.41, 5.74) is 3.69. The van der Waals surface area contributed by atoms with Crippen LogP contribution in [0.4, 0.5) is 5.69 Å². The van der Waals surface area contributed by atoms with E-state index in [-0.39, 0.29) is 11.3 Å². The average Bonchev–Trinajstić information content (AvgIpc) is 3.15. The molecule has 2 aliphatic rings. The molecule has 1 atom stereocenters. The van der Waals surface area contributed by atoms with E-state index in [2.05, 4.69) is 0 Å². The van der Waals surface area contributed by atoms with E-state index in [9.17, 15) is 14.7 Å². The van der Waals surface area contributed by atoms with Gasteiger partial charge in [-0.1, -0.05) is 18.2 Å². The summed E-state index contributed by atoms with van der Waals surface area (Å²) in [6.45, 7) is 4.76. The predicted octanol–water partition coefficient (Wildman–Crippen LogP) is 4.71. The summed E-state index contributed by atoms with van der Waals surface area (Å²) >= 11 is 0. The van der Waals surface area contributed by atoms with Gasteiger partial charge in [-0.15, -0.1) is 0 Å². The quantitative estimate of drug-likeness (QED) is 0.337. The molecule has 0 saturated carbocycles. The number of hydrogen-bond donors (Lipinski definition) is 1. The number of aliphatic hydroxyl groups is 1. The second kappa shape index (κ2) is 8.83. The van der Waals surface area contributed by atoms with E-state index in [1.165, 1.54) is 4.90 Å². The topological polar surface area (TPSA) is 85.3 Å². The Labute approximate surface area is 203 Å². The molecule has 2 aliphatic heterocycles. The molecule has 5 rings (SSSR count). The number of benzene rings is 3. The summed E-state index contributed by atoms with van der Waals surface area (Å²) in [6.07, 6.45) is 0. The van der Waals surface area contributed by atoms with E-state index in [0.717, 1.165) is 11.1 Å². The first kappa shape index (κ1) is 22.5. The van der Waals surface area contributed by atoms with E-state index < -0.39 is 17.7 Å². The molecule has 3 aromatic carbocycles. The summed E-state index contributed by atoms with van der Waals surface area (Å²) in [6, 6.07) is 16.9. The molecule has 1 N–H and O–H groups in total. The third-order valence-corrected chi connectivity index (χ3v) is 6.46. The number of Topliss-reactive ketones (excluding diaryl/α,β-unsaturated/α-hetero) is 1. The standard InChI is InChI=1S/C28H25NO6/c1-16-4-8-20(14-17(16)2)29-25(18-5-9-21(33-3)10-6-18)24(27(31)28(29)32)26(30)19-7-11-22-23(15-19)35-13-12-34-22/h4-11,14-15,25,30H,12-13H2,1-3H3/b26-24-. The Bertz CT molecular complexity index is 1360. The van der Waals surface area contributed by atoms with Gasteiger partial charge >= 0.3 is 0 Å². The minimum Gasteiger partial charge on any atom is -0.507 e. The van der Waals surface area contributed by atoms with Crippen molar-refractivity contribution in [1.29, 1.82) is 0 Å². The third kappa shape index (κ3) is 3.89. The summed E-state index contributed by atoms with van der Waals surface area (Å²) < 4.78 is 16.5. The highest BCUT2D eigenvalue weighted by molar-refractivity contribution is 6.51. The largest absolute Gasteiger partial charge is 0.507 e. The van der Waals surface area contributed by atoms with Crippen molar-refractivity contribution < 1.29 is 28.9 Å². The van der Waals surface area contributed by atoms with E-state index in [1.807, 2.05) is 32.0 Å². The van der Waals surface area contributed by atoms with Gasteiger partial charge in [-0.05, 0) is 73.0 Å². The molecule has 7 heteroatoms. The maximum atomic E-state index is 13.4. The van der Waals surface area contributed by atoms with Crippen LogP contribution in [0.1, 0.15) is 28.3 Å². The Morgan fingerprint density at radius 2 is 1.63 bits per heavy atom. The van der Waals surface area contributed by atoms with Crippen molar-refractivity contribution in [3.8, 4) is 17.2 Å². The number of ketones is 1. The number of amides is 1. The Kier molecular flexibility index (Phi) is 5.68. The summed E-state index contributed by atoms with van der Waals surface area (Å²) in [5.74, 6) is -0.0411. The molecule has 178 valence electrons. The second-order valence-corrected chi connectivity index (χ2v) is 8.57. The first-order valence-corrected chi connectivity index (χ1v) is 11.3. The highest BCUT2D eigenvalue weighted by Gasteiger charge is 2.47. The van der Waals surface area contributed by atoms with Crippen molar-refractivity contribution in [3.05, 3.63) is 88.5 Å². The Morgan fingerprint density at radius 1 is 0.914 bits per heavy atom. The lowest BCUT2D eigenvalue weighted by Crippen LogP contribution is -2.29. The number of carbonyl (C=O) groups excluding carboxylic acids is 2. The number of ether oxygens (including phenoxy) is 3. The van der Waals surface area contributed by atoms with Crippen LogP contribution in [-0.2, 0) is 9.59 Å². The number of hydrogen-bond acceptors (Lipinski definition) is 6. The van der Waals surface area contributed by atoms with Gasteiger partial charge < -0.3 is 19.3 Å². The fourth-order valence-electron chi connectivity index (χ4n) is 4.42. The lowest BCUT2D eigenvalue weighted by atomic mass is 9.94. The fraction of sp³-hybridized carbons (Fsp3) is 0.214. The monoisotopic (exact) mass is 471 g/mol. The minimum atomic E-state index is -0.823. The highest BCUT2D eigenvalue weighted by atomic mass is 16.6. The molecule has 1 saturated heterocycles. The number of aryl methyl sites for hydroxylation is 2. The molecular formula is C28H25NO6. The van der Waals surface area contributed by atoms with Gasteiger partial charge in [-0.25, -0.2) is 0 Å². The molecule has 0 bridgehead atoms. The lowest BCUT2D eigenvalue weighted by Gasteiger charge is -2.26. The van der Waals surface area contributed by atoms with Crippen molar-refractivity contribution in [2.75, 3.05) is 25.2 Å². The second-order valence-electron chi connectivity index (χ2n) is 8.57. The average molecular weight is 472 g/mol. The number of carbonyl (C=O) groups is 2. The van der Waals surface area contributed by atoms with Crippen molar-refractivity contribution in [1.82, 2.24) is 0 Å². The zero-order chi connectivity index (χ0) is 24.7. The Balaban J connectivity index is 1.69. The third-order valence-electron chi connectivity index (χ3n) is 6.46. The number of anilines is 1. The predicted molar refractivity (Wildman–Crippen MR) is 131 cm³/mol. The normalized spacial score (nSPS) is 18.6. The minimum absolute atomic E-state index is 0.00933. The first-order valence-electron chi connectivity index (χ1n) is 11.3. The van der Waals surface area contributed by atoms with Crippen LogP contribution in [0.5, 0.6) is 17.2 Å². The van der Waals surface area contributed by atoms with Gasteiger partial charge in [0, 0.05) is 11.3 Å². The van der Waals surface area contributed by atoms with Crippen molar-refractivity contribution in [2.24, 2.45) is 0 Å². The highest BCUT2D eigenvalue weighted by Crippen LogP contribution is 2.43. The fourth-order valence-corrected chi connectivity index (χ4v) is 4.42. The maximum Gasteiger partial charge on any atom is 0.300 e. The van der Waals surface area contributed by atoms with Crippen LogP contribution in [0.15, 0.2) is 66.2 Å². The number of aliphatic hydroxyl groups excluding tert-OH is 1. The molecule has 1 amide bonds. The lowest BCUT2D eigenvalue weighted by molar-refractivity contribution is -0.132. The van der Waals surface area contributed by atoms with E-state index in [4.69, 9.17) is 14.2 Å². The van der Waals surface area contributed by atoms with Crippen molar-refractivity contribution in [2.45, 2.75) is 19.9 Å². The maximum absolute atomic E-state index is 13.4. The van der Waals surface area contributed by atoms with Crippen LogP contribution in [0, 0.1) is 13.8 Å². The molecule has 7 nitrogen and oxygen atoms in total. The number of fused-ring (bicyclic) bond motifs is 1. The van der Waals surface area contributed by atoms with Crippen LogP contribution in [0.25, 0.3) is 5.76 Å². The van der Waals surface area contributed by atoms with Crippen molar-refractivity contribution in [3.63, 3.8) is 0 Å². The Morgan fingerprint density at radius 3 is 2.31 bits per heavy atom. The van der Waals surface area contributed by atoms with E-state index >= 15 is 0 Å². The molecule has 1 fully saturated rings. The van der Waals surface area contributed by atoms with Crippen LogP contribution < -0.4 is 19.1 Å². The molecule has 0 aromatic heterocycles. The van der Waals surface area contributed by atoms with Gasteiger partial charge in [0.2, 0.25) is 0 Å². The summed E-state index contributed by atoms with van der Waals surface area (Å²) in [4.78, 5) is 28.2. The van der Waals surface area contributed by atoms with Gasteiger partial charge in [-0.3, -0.25) is 14.5 Å². The molecular weight excluding hydrogens is 446 g/mol. The zero-order valence-corrected chi connectivity index (χ0v) is 19.7.